The molecular formula is C18H23N3O6S. The number of nitrogens with zero attached hydrogens (tertiary/aromatic N) is 1. The van der Waals surface area contributed by atoms with Gasteiger partial charge in [-0.3, -0.25) is 14.5 Å². The van der Waals surface area contributed by atoms with Crippen molar-refractivity contribution in [1.82, 2.24) is 15.5 Å². The number of hydrogen-bond donors (Lipinski definition) is 2. The monoisotopic (exact) mass is 409 g/mol. The molecule has 2 aliphatic rings. The van der Waals surface area contributed by atoms with Crippen molar-refractivity contribution < 1.29 is 27.5 Å². The number of methoxy groups -OCH3 is 1. The Morgan fingerprint density at radius 1 is 1.29 bits per heavy atom. The maximum Gasteiger partial charge on any atom is 0.325 e. The third-order valence-electron chi connectivity index (χ3n) is 4.86. The number of amides is 4. The van der Waals surface area contributed by atoms with Gasteiger partial charge < -0.3 is 15.4 Å². The highest BCUT2D eigenvalue weighted by Gasteiger charge is 2.38. The quantitative estimate of drug-likeness (QED) is 0.621. The Bertz CT molecular complexity index is 868. The van der Waals surface area contributed by atoms with Gasteiger partial charge in [-0.05, 0) is 30.5 Å². The van der Waals surface area contributed by atoms with Crippen molar-refractivity contribution in [2.75, 3.05) is 18.6 Å². The molecule has 2 fully saturated rings. The number of nitrogens with one attached hydrogen (secondary N) is 2. The summed E-state index contributed by atoms with van der Waals surface area (Å²) < 4.78 is 27.9. The lowest BCUT2D eigenvalue weighted by Crippen LogP contribution is -2.37. The molecule has 1 aromatic carbocycles. The lowest BCUT2D eigenvalue weighted by molar-refractivity contribution is -0.128. The molecule has 9 nitrogen and oxygen atoms in total. The van der Waals surface area contributed by atoms with E-state index in [0.717, 1.165) is 10.5 Å². The normalized spacial score (nSPS) is 23.5. The Morgan fingerprint density at radius 2 is 2.00 bits per heavy atom. The van der Waals surface area contributed by atoms with Crippen LogP contribution in [-0.2, 0) is 26.0 Å². The number of urea groups is 1. The predicted molar refractivity (Wildman–Crippen MR) is 100 cm³/mol. The van der Waals surface area contributed by atoms with Crippen molar-refractivity contribution in [3.63, 3.8) is 0 Å². The van der Waals surface area contributed by atoms with Crippen LogP contribution in [0, 0.1) is 0 Å². The molecule has 152 valence electrons. The summed E-state index contributed by atoms with van der Waals surface area (Å²) in [6.45, 7) is 0.136. The Labute approximate surface area is 163 Å². The Morgan fingerprint density at radius 3 is 2.61 bits per heavy atom. The van der Waals surface area contributed by atoms with E-state index in [0.29, 0.717) is 12.2 Å². The Hall–Kier alpha value is -2.62. The van der Waals surface area contributed by atoms with E-state index in [1.54, 1.807) is 31.4 Å². The molecular weight excluding hydrogens is 386 g/mol. The van der Waals surface area contributed by atoms with Crippen molar-refractivity contribution >= 4 is 27.7 Å². The second-order valence-corrected chi connectivity index (χ2v) is 9.21. The van der Waals surface area contributed by atoms with Crippen molar-refractivity contribution in [1.29, 1.82) is 0 Å². The molecule has 2 atom stereocenters. The highest BCUT2D eigenvalue weighted by atomic mass is 32.2. The van der Waals surface area contributed by atoms with Gasteiger partial charge in [0, 0.05) is 12.5 Å². The zero-order valence-corrected chi connectivity index (χ0v) is 16.3. The van der Waals surface area contributed by atoms with Crippen LogP contribution in [0.3, 0.4) is 0 Å². The first-order valence-electron chi connectivity index (χ1n) is 9.02. The molecule has 3 rings (SSSR count). The molecule has 10 heteroatoms. The van der Waals surface area contributed by atoms with E-state index in [2.05, 4.69) is 10.6 Å². The standard InChI is InChI=1S/C18H23N3O6S/c1-27-14-4-2-12(3-5-14)10-21-17(23)15(20-18(21)24)6-7-16(22)19-13-8-9-28(25,26)11-13/h2-5,13,15H,6-11H2,1H3,(H,19,22)(H,20,24). The molecule has 2 aliphatic heterocycles. The van der Waals surface area contributed by atoms with Crippen LogP contribution >= 0.6 is 0 Å². The smallest absolute Gasteiger partial charge is 0.325 e. The predicted octanol–water partition coefficient (Wildman–Crippen LogP) is 0.199. The lowest BCUT2D eigenvalue weighted by Gasteiger charge is -2.14. The highest BCUT2D eigenvalue weighted by molar-refractivity contribution is 7.91. The first-order valence-corrected chi connectivity index (χ1v) is 10.8. The van der Waals surface area contributed by atoms with Crippen LogP contribution in [0.15, 0.2) is 24.3 Å². The summed E-state index contributed by atoms with van der Waals surface area (Å²) in [5.41, 5.74) is 0.783. The maximum atomic E-state index is 12.5. The van der Waals surface area contributed by atoms with Crippen LogP contribution < -0.4 is 15.4 Å². The second-order valence-electron chi connectivity index (χ2n) is 6.98. The van der Waals surface area contributed by atoms with E-state index < -0.39 is 21.9 Å². The van der Waals surface area contributed by atoms with Crippen molar-refractivity contribution in [3.05, 3.63) is 29.8 Å². The number of ether oxygens (including phenoxy) is 1. The van der Waals surface area contributed by atoms with Gasteiger partial charge in [0.2, 0.25) is 5.91 Å². The summed E-state index contributed by atoms with van der Waals surface area (Å²) in [6.07, 6.45) is 0.599. The summed E-state index contributed by atoms with van der Waals surface area (Å²) in [7, 11) is -1.52. The second kappa shape index (κ2) is 8.17. The minimum atomic E-state index is -3.07. The molecule has 2 unspecified atom stereocenters. The highest BCUT2D eigenvalue weighted by Crippen LogP contribution is 2.18. The number of benzene rings is 1. The molecule has 0 aromatic heterocycles. The molecule has 1 aromatic rings. The van der Waals surface area contributed by atoms with Crippen LogP contribution in [0.1, 0.15) is 24.8 Å². The molecule has 0 radical (unpaired) electrons. The van der Waals surface area contributed by atoms with Crippen molar-refractivity contribution in [2.24, 2.45) is 0 Å². The molecule has 0 saturated carbocycles. The SMILES string of the molecule is COc1ccc(CN2C(=O)NC(CCC(=O)NC3CCS(=O)(=O)C3)C2=O)cc1. The minimum Gasteiger partial charge on any atom is -0.497 e. The number of imide groups is 1. The van der Waals surface area contributed by atoms with E-state index in [4.69, 9.17) is 4.74 Å². The molecule has 28 heavy (non-hydrogen) atoms. The zero-order valence-electron chi connectivity index (χ0n) is 15.5. The molecule has 4 amide bonds. The van der Waals surface area contributed by atoms with Gasteiger partial charge in [0.1, 0.15) is 11.8 Å². The van der Waals surface area contributed by atoms with Gasteiger partial charge in [0.05, 0.1) is 25.2 Å². The van der Waals surface area contributed by atoms with Crippen LogP contribution in [-0.4, -0.2) is 61.9 Å². The number of hydrogen-bond acceptors (Lipinski definition) is 6. The van der Waals surface area contributed by atoms with E-state index >= 15 is 0 Å². The van der Waals surface area contributed by atoms with E-state index in [-0.39, 0.29) is 48.7 Å². The Balaban J connectivity index is 1.49. The summed E-state index contributed by atoms with van der Waals surface area (Å²) in [5.74, 6) is 0.0119. The summed E-state index contributed by atoms with van der Waals surface area (Å²) in [5, 5.41) is 5.27. The fourth-order valence-corrected chi connectivity index (χ4v) is 4.99. The van der Waals surface area contributed by atoms with Crippen LogP contribution in [0.25, 0.3) is 0 Å². The largest absolute Gasteiger partial charge is 0.497 e. The van der Waals surface area contributed by atoms with Crippen LogP contribution in [0.5, 0.6) is 5.75 Å². The molecule has 0 aliphatic carbocycles. The minimum absolute atomic E-state index is 0.0314. The van der Waals surface area contributed by atoms with Crippen molar-refractivity contribution in [3.8, 4) is 5.75 Å². The third kappa shape index (κ3) is 4.80. The number of carbonyl (C=O) groups excluding carboxylic acids is 3. The van der Waals surface area contributed by atoms with Crippen molar-refractivity contribution in [2.45, 2.75) is 37.9 Å². The van der Waals surface area contributed by atoms with Crippen LogP contribution in [0.2, 0.25) is 0 Å². The van der Waals surface area contributed by atoms with Gasteiger partial charge >= 0.3 is 6.03 Å². The molecule has 2 heterocycles. The maximum absolute atomic E-state index is 12.5. The van der Waals surface area contributed by atoms with E-state index in [1.165, 1.54) is 0 Å². The molecule has 0 bridgehead atoms. The Kier molecular flexibility index (Phi) is 5.87. The van der Waals surface area contributed by atoms with Gasteiger partial charge in [-0.15, -0.1) is 0 Å². The topological polar surface area (TPSA) is 122 Å². The molecule has 2 N–H and O–H groups in total. The fourth-order valence-electron chi connectivity index (χ4n) is 3.32. The average molecular weight is 409 g/mol. The van der Waals surface area contributed by atoms with Crippen LogP contribution in [0.4, 0.5) is 4.79 Å². The zero-order chi connectivity index (χ0) is 20.3. The molecule has 2 saturated heterocycles. The fraction of sp³-hybridized carbons (Fsp3) is 0.500. The summed E-state index contributed by atoms with van der Waals surface area (Å²) in [6, 6.07) is 5.42. The first kappa shape index (κ1) is 20.1. The number of sulfone groups is 1. The van der Waals surface area contributed by atoms with Gasteiger partial charge in [-0.2, -0.15) is 0 Å². The lowest BCUT2D eigenvalue weighted by atomic mass is 10.1. The summed E-state index contributed by atoms with van der Waals surface area (Å²) in [4.78, 5) is 37.8. The van der Waals surface area contributed by atoms with Gasteiger partial charge in [-0.25, -0.2) is 13.2 Å². The van der Waals surface area contributed by atoms with Gasteiger partial charge in [0.15, 0.2) is 9.84 Å². The molecule has 0 spiro atoms. The number of carbonyl (C=O) groups is 3. The summed E-state index contributed by atoms with van der Waals surface area (Å²) >= 11 is 0. The van der Waals surface area contributed by atoms with E-state index in [9.17, 15) is 22.8 Å². The van der Waals surface area contributed by atoms with E-state index in [1.807, 2.05) is 0 Å². The first-order chi connectivity index (χ1) is 13.3. The van der Waals surface area contributed by atoms with Gasteiger partial charge in [-0.1, -0.05) is 12.1 Å². The third-order valence-corrected chi connectivity index (χ3v) is 6.63. The average Bonchev–Trinajstić information content (AvgIpc) is 3.13. The number of rotatable bonds is 7. The van der Waals surface area contributed by atoms with Gasteiger partial charge in [0.25, 0.3) is 5.91 Å².